The predicted molar refractivity (Wildman–Crippen MR) is 149 cm³/mol. The van der Waals surface area contributed by atoms with Crippen molar-refractivity contribution in [2.45, 2.75) is 49.7 Å². The maximum absolute atomic E-state index is 14.6. The lowest BCUT2D eigenvalue weighted by atomic mass is 9.87. The molecular formula is C29H21Cl2F4N5O3. The first-order valence-corrected chi connectivity index (χ1v) is 13.7. The number of hydrogen-bond donors (Lipinski definition) is 1. The Hall–Kier alpha value is -4.21. The van der Waals surface area contributed by atoms with E-state index < -0.39 is 71.9 Å². The normalized spacial score (nSPS) is 18.5. The van der Waals surface area contributed by atoms with Crippen LogP contribution in [0.1, 0.15) is 42.9 Å². The molecule has 0 spiro atoms. The van der Waals surface area contributed by atoms with Gasteiger partial charge in [-0.3, -0.25) is 24.2 Å². The highest BCUT2D eigenvalue weighted by Gasteiger charge is 2.48. The molecule has 1 saturated carbocycles. The van der Waals surface area contributed by atoms with Crippen molar-refractivity contribution < 1.29 is 31.9 Å². The molecule has 1 unspecified atom stereocenters. The third-order valence-electron chi connectivity index (χ3n) is 7.18. The summed E-state index contributed by atoms with van der Waals surface area (Å²) >= 11 is 12.7. The Labute approximate surface area is 252 Å². The Bertz CT molecular complexity index is 1640. The summed E-state index contributed by atoms with van der Waals surface area (Å²) in [4.78, 5) is 47.3. The van der Waals surface area contributed by atoms with E-state index in [0.29, 0.717) is 6.07 Å². The minimum absolute atomic E-state index is 0.0243. The molecule has 1 aromatic heterocycles. The summed E-state index contributed by atoms with van der Waals surface area (Å²) in [5.41, 5.74) is -0.313. The number of nitrogens with one attached hydrogen (secondary N) is 1. The Morgan fingerprint density at radius 2 is 1.79 bits per heavy atom. The standard InChI is InChI=1S/C29H21Cl2F4N5O3/c30-16-1-2-22(31)21(8-16)26(27(42)38-19-12-29(34,35)13-19)39(20-10-17(32)9-18(33)11-20)28(43)23-3-4-25(41)40(23)24-7-15(14-36)5-6-37-24/h1-2,5-11,19,23,26H,3-4,12-13H2,(H,38,42)/t23-,26?/m0/s1. The molecule has 222 valence electrons. The highest BCUT2D eigenvalue weighted by molar-refractivity contribution is 6.34. The van der Waals surface area contributed by atoms with E-state index in [1.54, 1.807) is 0 Å². The second kappa shape index (κ2) is 11.8. The Kier molecular flexibility index (Phi) is 8.31. The van der Waals surface area contributed by atoms with Crippen molar-refractivity contribution in [2.75, 3.05) is 9.80 Å². The zero-order chi connectivity index (χ0) is 31.1. The number of halogens is 6. The van der Waals surface area contributed by atoms with Gasteiger partial charge in [-0.2, -0.15) is 5.26 Å². The molecule has 1 saturated heterocycles. The van der Waals surface area contributed by atoms with Crippen LogP contribution in [0.5, 0.6) is 0 Å². The van der Waals surface area contributed by atoms with Gasteiger partial charge >= 0.3 is 0 Å². The molecule has 5 rings (SSSR count). The van der Waals surface area contributed by atoms with E-state index in [4.69, 9.17) is 23.2 Å². The number of carbonyl (C=O) groups is 3. The van der Waals surface area contributed by atoms with Crippen molar-refractivity contribution in [3.8, 4) is 6.07 Å². The van der Waals surface area contributed by atoms with Crippen LogP contribution in [-0.2, 0) is 14.4 Å². The fourth-order valence-corrected chi connectivity index (χ4v) is 5.63. The molecule has 3 aromatic rings. The second-order valence-corrected chi connectivity index (χ2v) is 11.1. The van der Waals surface area contributed by atoms with Crippen LogP contribution in [0, 0.1) is 23.0 Å². The highest BCUT2D eigenvalue weighted by Crippen LogP contribution is 2.40. The molecule has 2 heterocycles. The summed E-state index contributed by atoms with van der Waals surface area (Å²) in [7, 11) is 0. The summed E-state index contributed by atoms with van der Waals surface area (Å²) in [6.07, 6.45) is -0.216. The van der Waals surface area contributed by atoms with Gasteiger partial charge in [0.05, 0.1) is 17.3 Å². The number of rotatable bonds is 7. The lowest BCUT2D eigenvalue weighted by molar-refractivity contribution is -0.133. The molecule has 14 heteroatoms. The number of alkyl halides is 2. The predicted octanol–water partition coefficient (Wildman–Crippen LogP) is 5.72. The number of amides is 3. The van der Waals surface area contributed by atoms with Crippen molar-refractivity contribution in [3.05, 3.63) is 87.5 Å². The zero-order valence-corrected chi connectivity index (χ0v) is 23.5. The summed E-state index contributed by atoms with van der Waals surface area (Å²) in [5.74, 6) is -7.61. The van der Waals surface area contributed by atoms with Gasteiger partial charge in [-0.1, -0.05) is 23.2 Å². The van der Waals surface area contributed by atoms with Gasteiger partial charge in [0, 0.05) is 53.2 Å². The summed E-state index contributed by atoms with van der Waals surface area (Å²) < 4.78 is 56.4. The number of benzene rings is 2. The van der Waals surface area contributed by atoms with Gasteiger partial charge in [-0.25, -0.2) is 22.5 Å². The molecule has 3 amide bonds. The third kappa shape index (κ3) is 6.28. The highest BCUT2D eigenvalue weighted by atomic mass is 35.5. The molecule has 0 radical (unpaired) electrons. The van der Waals surface area contributed by atoms with Crippen LogP contribution >= 0.6 is 23.2 Å². The molecule has 2 atom stereocenters. The van der Waals surface area contributed by atoms with Crippen LogP contribution in [0.2, 0.25) is 10.0 Å². The Balaban J connectivity index is 1.65. The molecule has 1 aliphatic carbocycles. The van der Waals surface area contributed by atoms with Gasteiger partial charge < -0.3 is 5.32 Å². The first-order chi connectivity index (χ1) is 20.4. The summed E-state index contributed by atoms with van der Waals surface area (Å²) in [5, 5.41) is 11.9. The van der Waals surface area contributed by atoms with E-state index in [-0.39, 0.29) is 39.8 Å². The number of nitrogens with zero attached hydrogens (tertiary/aromatic N) is 4. The summed E-state index contributed by atoms with van der Waals surface area (Å²) in [6, 6.07) is 6.78. The monoisotopic (exact) mass is 633 g/mol. The quantitative estimate of drug-likeness (QED) is 0.335. The smallest absolute Gasteiger partial charge is 0.252 e. The van der Waals surface area contributed by atoms with Crippen molar-refractivity contribution in [3.63, 3.8) is 0 Å². The number of aromatic nitrogens is 1. The van der Waals surface area contributed by atoms with Crippen LogP contribution < -0.4 is 15.1 Å². The molecular weight excluding hydrogens is 613 g/mol. The number of pyridine rings is 1. The summed E-state index contributed by atoms with van der Waals surface area (Å²) in [6.45, 7) is 0. The van der Waals surface area contributed by atoms with E-state index in [1.807, 2.05) is 6.07 Å². The zero-order valence-electron chi connectivity index (χ0n) is 22.0. The van der Waals surface area contributed by atoms with Gasteiger partial charge in [0.1, 0.15) is 29.5 Å². The minimum Gasteiger partial charge on any atom is -0.351 e. The van der Waals surface area contributed by atoms with Crippen LogP contribution in [-0.4, -0.2) is 40.7 Å². The SMILES string of the molecule is N#Cc1ccnc(N2C(=O)CC[C@H]2C(=O)N(c2cc(F)cc(F)c2)C(C(=O)NC2CC(F)(F)C2)c2cc(Cl)ccc2Cl)c1. The van der Waals surface area contributed by atoms with E-state index in [9.17, 15) is 37.2 Å². The van der Waals surface area contributed by atoms with E-state index >= 15 is 0 Å². The minimum atomic E-state index is -2.99. The average Bonchev–Trinajstić information content (AvgIpc) is 3.32. The average molecular weight is 634 g/mol. The molecule has 2 aliphatic rings. The number of carbonyl (C=O) groups excluding carboxylic acids is 3. The second-order valence-electron chi connectivity index (χ2n) is 10.2. The maximum Gasteiger partial charge on any atom is 0.252 e. The first-order valence-electron chi connectivity index (χ1n) is 13.0. The van der Waals surface area contributed by atoms with Crippen molar-refractivity contribution in [1.82, 2.24) is 10.3 Å². The molecule has 1 aliphatic heterocycles. The molecule has 0 bridgehead atoms. The molecule has 2 fully saturated rings. The van der Waals surface area contributed by atoms with Crippen LogP contribution in [0.4, 0.5) is 29.1 Å². The lowest BCUT2D eigenvalue weighted by Gasteiger charge is -2.39. The van der Waals surface area contributed by atoms with Gasteiger partial charge in [0.2, 0.25) is 11.8 Å². The van der Waals surface area contributed by atoms with Crippen LogP contribution in [0.15, 0.2) is 54.7 Å². The van der Waals surface area contributed by atoms with Crippen LogP contribution in [0.25, 0.3) is 0 Å². The van der Waals surface area contributed by atoms with E-state index in [0.717, 1.165) is 21.9 Å². The van der Waals surface area contributed by atoms with Crippen molar-refractivity contribution in [2.24, 2.45) is 0 Å². The molecule has 2 aromatic carbocycles. The van der Waals surface area contributed by atoms with Gasteiger partial charge in [-0.15, -0.1) is 0 Å². The number of anilines is 2. The molecule has 1 N–H and O–H groups in total. The van der Waals surface area contributed by atoms with Crippen molar-refractivity contribution in [1.29, 1.82) is 5.26 Å². The fraction of sp³-hybridized carbons (Fsp3) is 0.276. The molecule has 43 heavy (non-hydrogen) atoms. The van der Waals surface area contributed by atoms with Gasteiger partial charge in [-0.05, 0) is 48.9 Å². The van der Waals surface area contributed by atoms with E-state index in [1.165, 1.54) is 36.5 Å². The number of nitriles is 1. The Morgan fingerprint density at radius 3 is 2.44 bits per heavy atom. The largest absolute Gasteiger partial charge is 0.351 e. The van der Waals surface area contributed by atoms with Crippen molar-refractivity contribution >= 4 is 52.4 Å². The third-order valence-corrected chi connectivity index (χ3v) is 7.76. The maximum atomic E-state index is 14.6. The fourth-order valence-electron chi connectivity index (χ4n) is 5.23. The molecule has 8 nitrogen and oxygen atoms in total. The topological polar surface area (TPSA) is 106 Å². The van der Waals surface area contributed by atoms with Gasteiger partial charge in [0.15, 0.2) is 0 Å². The lowest BCUT2D eigenvalue weighted by Crippen LogP contribution is -2.56. The van der Waals surface area contributed by atoms with E-state index in [2.05, 4.69) is 10.3 Å². The number of hydrogen-bond acceptors (Lipinski definition) is 5. The van der Waals surface area contributed by atoms with Crippen LogP contribution in [0.3, 0.4) is 0 Å². The first kappa shape index (κ1) is 30.3. The van der Waals surface area contributed by atoms with Gasteiger partial charge in [0.25, 0.3) is 11.8 Å². The Morgan fingerprint density at radius 1 is 1.09 bits per heavy atom.